The second-order valence-corrected chi connectivity index (χ2v) is 8.86. The molecule has 31 heavy (non-hydrogen) atoms. The molecule has 0 aliphatic carbocycles. The predicted molar refractivity (Wildman–Crippen MR) is 139 cm³/mol. The van der Waals surface area contributed by atoms with E-state index in [4.69, 9.17) is 9.47 Å². The van der Waals surface area contributed by atoms with Gasteiger partial charge in [0.25, 0.3) is 0 Å². The van der Waals surface area contributed by atoms with Gasteiger partial charge in [-0.15, -0.1) is 34.2 Å². The number of rotatable bonds is 12. The summed E-state index contributed by atoms with van der Waals surface area (Å²) in [5.74, 6) is 2.65. The minimum absolute atomic E-state index is 0. The number of aromatic nitrogens is 3. The Morgan fingerprint density at radius 3 is 2.58 bits per heavy atom. The Morgan fingerprint density at radius 1 is 1.23 bits per heavy atom. The van der Waals surface area contributed by atoms with Gasteiger partial charge in [0.2, 0.25) is 0 Å². The molecule has 0 atom stereocenters. The van der Waals surface area contributed by atoms with Crippen LogP contribution in [0.1, 0.15) is 45.4 Å². The maximum absolute atomic E-state index is 5.96. The van der Waals surface area contributed by atoms with E-state index in [1.807, 2.05) is 7.05 Å². The lowest BCUT2D eigenvalue weighted by Gasteiger charge is -2.34. The number of piperidine rings is 1. The van der Waals surface area contributed by atoms with Gasteiger partial charge in [0.1, 0.15) is 5.82 Å². The molecule has 1 N–H and O–H groups in total. The molecule has 2 heterocycles. The van der Waals surface area contributed by atoms with Crippen molar-refractivity contribution in [3.8, 4) is 0 Å². The van der Waals surface area contributed by atoms with Crippen LogP contribution in [0.15, 0.2) is 10.1 Å². The van der Waals surface area contributed by atoms with Crippen molar-refractivity contribution < 1.29 is 9.47 Å². The molecule has 0 bridgehead atoms. The molecule has 1 aliphatic rings. The Balaban J connectivity index is 0.00000480. The van der Waals surface area contributed by atoms with Crippen LogP contribution in [0.5, 0.6) is 0 Å². The summed E-state index contributed by atoms with van der Waals surface area (Å²) in [6, 6.07) is 0. The number of halogens is 1. The standard InChI is InChI=1S/C21H40N6O2S.HI/c1-17(2)16-27-19(24-25-21(27)30-5)8-6-11-23-20(22-3)26-12-9-18(10-13-26)29-15-7-14-28-4;/h17-18H,6-16H2,1-5H3,(H,22,23);1H. The number of guanidine groups is 1. The Kier molecular flexibility index (Phi) is 14.8. The Morgan fingerprint density at radius 2 is 1.97 bits per heavy atom. The van der Waals surface area contributed by atoms with E-state index in [0.717, 1.165) is 88.4 Å². The topological polar surface area (TPSA) is 76.8 Å². The van der Waals surface area contributed by atoms with Crippen LogP contribution in [-0.4, -0.2) is 85.0 Å². The molecule has 0 spiro atoms. The molecule has 1 fully saturated rings. The smallest absolute Gasteiger partial charge is 0.193 e. The molecule has 180 valence electrons. The molecule has 2 rings (SSSR count). The first-order valence-corrected chi connectivity index (χ1v) is 12.3. The zero-order valence-corrected chi connectivity index (χ0v) is 22.9. The molecule has 10 heteroatoms. The third-order valence-corrected chi connectivity index (χ3v) is 5.85. The Labute approximate surface area is 209 Å². The van der Waals surface area contributed by atoms with Crippen molar-refractivity contribution in [3.63, 3.8) is 0 Å². The van der Waals surface area contributed by atoms with Crippen LogP contribution in [0.2, 0.25) is 0 Å². The number of hydrogen-bond acceptors (Lipinski definition) is 6. The normalized spacial score (nSPS) is 15.4. The van der Waals surface area contributed by atoms with E-state index in [-0.39, 0.29) is 24.0 Å². The summed E-state index contributed by atoms with van der Waals surface area (Å²) in [6.07, 6.45) is 7.39. The summed E-state index contributed by atoms with van der Waals surface area (Å²) < 4.78 is 13.3. The van der Waals surface area contributed by atoms with Crippen molar-refractivity contribution in [3.05, 3.63) is 5.82 Å². The maximum Gasteiger partial charge on any atom is 0.193 e. The van der Waals surface area contributed by atoms with Crippen LogP contribution in [-0.2, 0) is 22.4 Å². The van der Waals surface area contributed by atoms with E-state index < -0.39 is 0 Å². The van der Waals surface area contributed by atoms with Crippen molar-refractivity contribution >= 4 is 41.7 Å². The van der Waals surface area contributed by atoms with Gasteiger partial charge in [-0.25, -0.2) is 0 Å². The summed E-state index contributed by atoms with van der Waals surface area (Å²) in [5, 5.41) is 13.3. The molecular weight excluding hydrogens is 527 g/mol. The molecule has 0 amide bonds. The second-order valence-electron chi connectivity index (χ2n) is 8.09. The van der Waals surface area contributed by atoms with Gasteiger partial charge >= 0.3 is 0 Å². The lowest BCUT2D eigenvalue weighted by Crippen LogP contribution is -2.47. The highest BCUT2D eigenvalue weighted by Gasteiger charge is 2.21. The summed E-state index contributed by atoms with van der Waals surface area (Å²) in [5.41, 5.74) is 0. The van der Waals surface area contributed by atoms with E-state index in [1.54, 1.807) is 18.9 Å². The van der Waals surface area contributed by atoms with Gasteiger partial charge in [-0.3, -0.25) is 4.99 Å². The number of methoxy groups -OCH3 is 1. The summed E-state index contributed by atoms with van der Waals surface area (Å²) in [7, 11) is 3.59. The summed E-state index contributed by atoms with van der Waals surface area (Å²) in [4.78, 5) is 6.82. The van der Waals surface area contributed by atoms with Gasteiger partial charge < -0.3 is 24.3 Å². The zero-order valence-electron chi connectivity index (χ0n) is 19.8. The SMILES string of the molecule is CN=C(NCCCc1nnc(SC)n1CC(C)C)N1CCC(OCCCOC)CC1.I. The number of thioether (sulfide) groups is 1. The van der Waals surface area contributed by atoms with E-state index >= 15 is 0 Å². The fourth-order valence-corrected chi connectivity index (χ4v) is 4.19. The van der Waals surface area contributed by atoms with Crippen LogP contribution < -0.4 is 5.32 Å². The molecule has 1 aromatic heterocycles. The average molecular weight is 569 g/mol. The van der Waals surface area contributed by atoms with Gasteiger partial charge in [0.15, 0.2) is 11.1 Å². The van der Waals surface area contributed by atoms with Crippen molar-refractivity contribution in [2.24, 2.45) is 10.9 Å². The Hall–Kier alpha value is -0.590. The molecule has 8 nitrogen and oxygen atoms in total. The van der Waals surface area contributed by atoms with Crippen LogP contribution >= 0.6 is 35.7 Å². The Bertz CT molecular complexity index is 635. The molecule has 1 aromatic rings. The highest BCUT2D eigenvalue weighted by molar-refractivity contribution is 14.0. The third kappa shape index (κ3) is 9.83. The van der Waals surface area contributed by atoms with Crippen molar-refractivity contribution in [2.75, 3.05) is 53.3 Å². The first kappa shape index (κ1) is 28.4. The predicted octanol–water partition coefficient (Wildman–Crippen LogP) is 3.30. The molecule has 0 radical (unpaired) electrons. The van der Waals surface area contributed by atoms with Gasteiger partial charge in [-0.2, -0.15) is 0 Å². The second kappa shape index (κ2) is 16.1. The van der Waals surface area contributed by atoms with Crippen LogP contribution in [0.4, 0.5) is 0 Å². The number of nitrogens with one attached hydrogen (secondary N) is 1. The largest absolute Gasteiger partial charge is 0.385 e. The minimum Gasteiger partial charge on any atom is -0.385 e. The molecule has 0 saturated carbocycles. The van der Waals surface area contributed by atoms with Gasteiger partial charge in [0, 0.05) is 60.0 Å². The highest BCUT2D eigenvalue weighted by atomic mass is 127. The van der Waals surface area contributed by atoms with Gasteiger partial charge in [-0.1, -0.05) is 25.6 Å². The first-order valence-electron chi connectivity index (χ1n) is 11.1. The molecule has 0 unspecified atom stereocenters. The molecule has 0 aromatic carbocycles. The van der Waals surface area contributed by atoms with Crippen molar-refractivity contribution in [1.82, 2.24) is 25.0 Å². The lowest BCUT2D eigenvalue weighted by molar-refractivity contribution is 0.00991. The average Bonchev–Trinajstić information content (AvgIpc) is 3.13. The maximum atomic E-state index is 5.96. The summed E-state index contributed by atoms with van der Waals surface area (Å²) >= 11 is 1.66. The number of hydrogen-bond donors (Lipinski definition) is 1. The third-order valence-electron chi connectivity index (χ3n) is 5.18. The quantitative estimate of drug-likeness (QED) is 0.136. The van der Waals surface area contributed by atoms with E-state index in [2.05, 4.69) is 50.1 Å². The summed E-state index contributed by atoms with van der Waals surface area (Å²) in [6.45, 7) is 9.82. The van der Waals surface area contributed by atoms with E-state index in [1.165, 1.54) is 0 Å². The molecular formula is C21H41IN6O2S. The van der Waals surface area contributed by atoms with Gasteiger partial charge in [-0.05, 0) is 37.9 Å². The number of aliphatic imine (C=N–C) groups is 1. The number of aryl methyl sites for hydroxylation is 1. The zero-order chi connectivity index (χ0) is 21.8. The number of nitrogens with zero attached hydrogens (tertiary/aromatic N) is 5. The van der Waals surface area contributed by atoms with Crippen molar-refractivity contribution in [1.29, 1.82) is 0 Å². The molecule has 1 saturated heterocycles. The minimum atomic E-state index is 0. The van der Waals surface area contributed by atoms with Crippen molar-refractivity contribution in [2.45, 2.75) is 63.8 Å². The van der Waals surface area contributed by atoms with Crippen LogP contribution in [0.25, 0.3) is 0 Å². The number of likely N-dealkylation sites (tertiary alicyclic amines) is 1. The highest BCUT2D eigenvalue weighted by Crippen LogP contribution is 2.17. The van der Waals surface area contributed by atoms with E-state index in [9.17, 15) is 0 Å². The fourth-order valence-electron chi connectivity index (χ4n) is 3.67. The monoisotopic (exact) mass is 568 g/mol. The fraction of sp³-hybridized carbons (Fsp3) is 0.857. The van der Waals surface area contributed by atoms with E-state index in [0.29, 0.717) is 12.0 Å². The van der Waals surface area contributed by atoms with Gasteiger partial charge in [0.05, 0.1) is 6.10 Å². The van der Waals surface area contributed by atoms with Crippen LogP contribution in [0.3, 0.4) is 0 Å². The number of ether oxygens (including phenoxy) is 2. The first-order chi connectivity index (χ1) is 14.6. The molecule has 1 aliphatic heterocycles. The van der Waals surface area contributed by atoms with Crippen LogP contribution in [0, 0.1) is 5.92 Å². The lowest BCUT2D eigenvalue weighted by atomic mass is 10.1.